The van der Waals surface area contributed by atoms with Crippen molar-refractivity contribution in [1.82, 2.24) is 4.98 Å². The molecule has 1 rings (SSSR count). The summed E-state index contributed by atoms with van der Waals surface area (Å²) in [5, 5.41) is 9.86. The van der Waals surface area contributed by atoms with Crippen LogP contribution in [-0.4, -0.2) is 16.8 Å². The van der Waals surface area contributed by atoms with Crippen molar-refractivity contribution in [2.45, 2.75) is 11.1 Å². The van der Waals surface area contributed by atoms with Gasteiger partial charge in [0.1, 0.15) is 6.04 Å². The maximum absolute atomic E-state index is 8.43. The minimum atomic E-state index is -0.442. The van der Waals surface area contributed by atoms with Gasteiger partial charge >= 0.3 is 0 Å². The number of pyridine rings is 1. The molecule has 0 saturated carbocycles. The Kier molecular flexibility index (Phi) is 4.03. The second-order valence-corrected chi connectivity index (χ2v) is 3.84. The Morgan fingerprint density at radius 3 is 3.00 bits per heavy atom. The zero-order valence-corrected chi connectivity index (χ0v) is 8.35. The van der Waals surface area contributed by atoms with Crippen LogP contribution >= 0.6 is 23.4 Å². The van der Waals surface area contributed by atoms with Gasteiger partial charge < -0.3 is 5.73 Å². The number of rotatable bonds is 3. The van der Waals surface area contributed by atoms with Crippen molar-refractivity contribution in [3.8, 4) is 6.07 Å². The quantitative estimate of drug-likeness (QED) is 0.776. The van der Waals surface area contributed by atoms with Crippen molar-refractivity contribution in [3.05, 3.63) is 23.4 Å². The molecule has 0 aliphatic carbocycles. The fourth-order valence-corrected chi connectivity index (χ4v) is 1.49. The molecule has 1 atom stereocenters. The standard InChI is InChI=1S/C8H8ClN3S/c9-6-1-2-8(12-4-6)13-5-7(11)3-10/h1-2,4,7H,5,11H2. The van der Waals surface area contributed by atoms with E-state index >= 15 is 0 Å². The monoisotopic (exact) mass is 213 g/mol. The van der Waals surface area contributed by atoms with Crippen molar-refractivity contribution in [1.29, 1.82) is 5.26 Å². The van der Waals surface area contributed by atoms with Crippen LogP contribution in [0.4, 0.5) is 0 Å². The van der Waals surface area contributed by atoms with E-state index in [-0.39, 0.29) is 0 Å². The molecular formula is C8H8ClN3S. The Bertz CT molecular complexity index is 306. The van der Waals surface area contributed by atoms with Crippen LogP contribution in [0, 0.1) is 11.3 Å². The maximum Gasteiger partial charge on any atom is 0.102 e. The van der Waals surface area contributed by atoms with Crippen LogP contribution in [0.25, 0.3) is 0 Å². The number of halogens is 1. The van der Waals surface area contributed by atoms with E-state index in [1.54, 1.807) is 18.3 Å². The fraction of sp³-hybridized carbons (Fsp3) is 0.250. The van der Waals surface area contributed by atoms with Crippen LogP contribution in [0.3, 0.4) is 0 Å². The predicted octanol–water partition coefficient (Wildman–Crippen LogP) is 1.68. The first-order valence-corrected chi connectivity index (χ1v) is 4.98. The molecule has 0 aliphatic rings. The Hall–Kier alpha value is -0.760. The number of nitrogens with zero attached hydrogens (tertiary/aromatic N) is 2. The highest BCUT2D eigenvalue weighted by Crippen LogP contribution is 2.17. The average molecular weight is 214 g/mol. The topological polar surface area (TPSA) is 62.7 Å². The molecule has 5 heteroatoms. The lowest BCUT2D eigenvalue weighted by molar-refractivity contribution is 0.950. The van der Waals surface area contributed by atoms with Gasteiger partial charge in [0.05, 0.1) is 16.1 Å². The van der Waals surface area contributed by atoms with Crippen LogP contribution in [0.2, 0.25) is 5.02 Å². The molecule has 1 aromatic heterocycles. The lowest BCUT2D eigenvalue weighted by Gasteiger charge is -2.01. The van der Waals surface area contributed by atoms with Crippen LogP contribution in [-0.2, 0) is 0 Å². The summed E-state index contributed by atoms with van der Waals surface area (Å²) in [4.78, 5) is 4.05. The first kappa shape index (κ1) is 10.3. The number of nitriles is 1. The summed E-state index contributed by atoms with van der Waals surface area (Å²) in [6, 6.07) is 5.07. The number of hydrogen-bond acceptors (Lipinski definition) is 4. The number of nitrogens with two attached hydrogens (primary N) is 1. The van der Waals surface area contributed by atoms with Crippen molar-refractivity contribution in [2.24, 2.45) is 5.73 Å². The van der Waals surface area contributed by atoms with E-state index in [1.165, 1.54) is 11.8 Å². The molecule has 68 valence electrons. The Labute approximate surface area is 85.9 Å². The largest absolute Gasteiger partial charge is 0.315 e. The van der Waals surface area contributed by atoms with Crippen molar-refractivity contribution >= 4 is 23.4 Å². The summed E-state index contributed by atoms with van der Waals surface area (Å²) in [6.45, 7) is 0. The predicted molar refractivity (Wildman–Crippen MR) is 53.6 cm³/mol. The normalized spacial score (nSPS) is 12.1. The van der Waals surface area contributed by atoms with E-state index in [0.29, 0.717) is 10.8 Å². The zero-order valence-electron chi connectivity index (χ0n) is 6.77. The van der Waals surface area contributed by atoms with E-state index in [0.717, 1.165) is 5.03 Å². The molecule has 0 radical (unpaired) electrons. The number of thioether (sulfide) groups is 1. The molecule has 0 bridgehead atoms. The average Bonchev–Trinajstić information content (AvgIpc) is 2.16. The van der Waals surface area contributed by atoms with E-state index in [1.807, 2.05) is 6.07 Å². The molecule has 3 nitrogen and oxygen atoms in total. The molecule has 0 spiro atoms. The van der Waals surface area contributed by atoms with E-state index in [4.69, 9.17) is 22.6 Å². The summed E-state index contributed by atoms with van der Waals surface area (Å²) in [7, 11) is 0. The molecule has 0 aromatic carbocycles. The maximum atomic E-state index is 8.43. The van der Waals surface area contributed by atoms with E-state index in [2.05, 4.69) is 4.98 Å². The van der Waals surface area contributed by atoms with Gasteiger partial charge in [0, 0.05) is 11.9 Å². The summed E-state index contributed by atoms with van der Waals surface area (Å²) in [5.74, 6) is 0.547. The van der Waals surface area contributed by atoms with Crippen LogP contribution < -0.4 is 5.73 Å². The van der Waals surface area contributed by atoms with Gasteiger partial charge in [-0.25, -0.2) is 4.98 Å². The molecule has 1 aromatic rings. The lowest BCUT2D eigenvalue weighted by Crippen LogP contribution is -2.19. The highest BCUT2D eigenvalue weighted by atomic mass is 35.5. The van der Waals surface area contributed by atoms with E-state index in [9.17, 15) is 0 Å². The minimum absolute atomic E-state index is 0.442. The van der Waals surface area contributed by atoms with Crippen LogP contribution in [0.15, 0.2) is 23.4 Å². The highest BCUT2D eigenvalue weighted by Gasteiger charge is 2.01. The second kappa shape index (κ2) is 5.07. The van der Waals surface area contributed by atoms with Gasteiger partial charge in [-0.15, -0.1) is 11.8 Å². The number of hydrogen-bond donors (Lipinski definition) is 1. The highest BCUT2D eigenvalue weighted by molar-refractivity contribution is 7.99. The third-order valence-corrected chi connectivity index (χ3v) is 2.56. The van der Waals surface area contributed by atoms with Gasteiger partial charge in [0.2, 0.25) is 0 Å². The Morgan fingerprint density at radius 1 is 1.69 bits per heavy atom. The molecule has 0 amide bonds. The second-order valence-electron chi connectivity index (χ2n) is 2.36. The van der Waals surface area contributed by atoms with E-state index < -0.39 is 6.04 Å². The summed E-state index contributed by atoms with van der Waals surface area (Å²) in [6.07, 6.45) is 1.57. The summed E-state index contributed by atoms with van der Waals surface area (Å²) in [5.41, 5.74) is 5.41. The van der Waals surface area contributed by atoms with Crippen molar-refractivity contribution in [2.75, 3.05) is 5.75 Å². The summed E-state index contributed by atoms with van der Waals surface area (Å²) < 4.78 is 0. The molecular weight excluding hydrogens is 206 g/mol. The van der Waals surface area contributed by atoms with Gasteiger partial charge in [-0.2, -0.15) is 5.26 Å². The van der Waals surface area contributed by atoms with Crippen LogP contribution in [0.5, 0.6) is 0 Å². The van der Waals surface area contributed by atoms with Gasteiger partial charge in [-0.1, -0.05) is 11.6 Å². The van der Waals surface area contributed by atoms with Gasteiger partial charge in [0.25, 0.3) is 0 Å². The van der Waals surface area contributed by atoms with Gasteiger partial charge in [-0.3, -0.25) is 0 Å². The lowest BCUT2D eigenvalue weighted by atomic mass is 10.4. The SMILES string of the molecule is N#CC(N)CSc1ccc(Cl)cn1. The molecule has 0 saturated heterocycles. The van der Waals surface area contributed by atoms with Gasteiger partial charge in [-0.05, 0) is 12.1 Å². The summed E-state index contributed by atoms with van der Waals surface area (Å²) >= 11 is 7.10. The molecule has 2 N–H and O–H groups in total. The third-order valence-electron chi connectivity index (χ3n) is 1.28. The molecule has 0 fully saturated rings. The van der Waals surface area contributed by atoms with Crippen molar-refractivity contribution < 1.29 is 0 Å². The third kappa shape index (κ3) is 3.64. The molecule has 0 aliphatic heterocycles. The van der Waals surface area contributed by atoms with Crippen molar-refractivity contribution in [3.63, 3.8) is 0 Å². The molecule has 1 unspecified atom stereocenters. The minimum Gasteiger partial charge on any atom is -0.315 e. The smallest absolute Gasteiger partial charge is 0.102 e. The molecule has 1 heterocycles. The Balaban J connectivity index is 2.47. The fourth-order valence-electron chi connectivity index (χ4n) is 0.660. The molecule has 13 heavy (non-hydrogen) atoms. The number of aromatic nitrogens is 1. The first-order valence-electron chi connectivity index (χ1n) is 3.62. The first-order chi connectivity index (χ1) is 6.22. The van der Waals surface area contributed by atoms with Crippen LogP contribution in [0.1, 0.15) is 0 Å². The Morgan fingerprint density at radius 2 is 2.46 bits per heavy atom. The zero-order chi connectivity index (χ0) is 9.68. The van der Waals surface area contributed by atoms with Gasteiger partial charge in [0.15, 0.2) is 0 Å².